The zero-order valence-corrected chi connectivity index (χ0v) is 18.9. The number of hydrogen-bond acceptors (Lipinski definition) is 1. The first-order chi connectivity index (χ1) is 16.7. The molecule has 0 aliphatic carbocycles. The molecule has 0 fully saturated rings. The van der Waals surface area contributed by atoms with Gasteiger partial charge in [0.1, 0.15) is 0 Å². The summed E-state index contributed by atoms with van der Waals surface area (Å²) in [5, 5.41) is 2.40. The molecular weight excluding hydrogens is 414 g/mol. The SMILES string of the molecule is Cn1c2ccc(-c3ccccc3)cc2c2cc(-c3ccccc3)cc(-c3ccccc3C=O)c21. The summed E-state index contributed by atoms with van der Waals surface area (Å²) in [5.74, 6) is 0. The van der Waals surface area contributed by atoms with E-state index >= 15 is 0 Å². The van der Waals surface area contributed by atoms with Gasteiger partial charge in [0.15, 0.2) is 6.29 Å². The second-order valence-corrected chi connectivity index (χ2v) is 8.65. The van der Waals surface area contributed by atoms with Crippen molar-refractivity contribution in [3.05, 3.63) is 121 Å². The van der Waals surface area contributed by atoms with Crippen LogP contribution in [-0.2, 0) is 7.05 Å². The fourth-order valence-corrected chi connectivity index (χ4v) is 5.02. The fourth-order valence-electron chi connectivity index (χ4n) is 5.02. The van der Waals surface area contributed by atoms with Gasteiger partial charge in [-0.05, 0) is 52.1 Å². The van der Waals surface area contributed by atoms with E-state index in [-0.39, 0.29) is 0 Å². The van der Waals surface area contributed by atoms with Crippen LogP contribution in [0.1, 0.15) is 10.4 Å². The standard InChI is InChI=1S/C32H23NO/c1-33-31-17-16-24(22-10-4-2-5-11-22)18-28(31)30-20-26(23-12-6-3-7-13-23)19-29(32(30)33)27-15-9-8-14-25(27)21-34/h2-21H,1H3. The van der Waals surface area contributed by atoms with Crippen LogP contribution in [0.3, 0.4) is 0 Å². The molecule has 0 radical (unpaired) electrons. The lowest BCUT2D eigenvalue weighted by atomic mass is 9.93. The molecule has 0 bridgehead atoms. The van der Waals surface area contributed by atoms with Gasteiger partial charge in [-0.25, -0.2) is 0 Å². The molecule has 0 saturated heterocycles. The summed E-state index contributed by atoms with van der Waals surface area (Å²) in [7, 11) is 2.11. The lowest BCUT2D eigenvalue weighted by molar-refractivity contribution is 0.112. The zero-order chi connectivity index (χ0) is 23.1. The van der Waals surface area contributed by atoms with E-state index in [4.69, 9.17) is 0 Å². The lowest BCUT2D eigenvalue weighted by Gasteiger charge is -2.12. The van der Waals surface area contributed by atoms with Crippen molar-refractivity contribution in [3.63, 3.8) is 0 Å². The Balaban J connectivity index is 1.73. The van der Waals surface area contributed by atoms with Gasteiger partial charge in [-0.2, -0.15) is 0 Å². The second-order valence-electron chi connectivity index (χ2n) is 8.65. The van der Waals surface area contributed by atoms with E-state index < -0.39 is 0 Å². The van der Waals surface area contributed by atoms with Crippen LogP contribution in [0.4, 0.5) is 0 Å². The van der Waals surface area contributed by atoms with Crippen LogP contribution in [-0.4, -0.2) is 10.9 Å². The summed E-state index contributed by atoms with van der Waals surface area (Å²) >= 11 is 0. The van der Waals surface area contributed by atoms with Gasteiger partial charge in [-0.15, -0.1) is 0 Å². The summed E-state index contributed by atoms with van der Waals surface area (Å²) in [6.07, 6.45) is 0.951. The molecule has 0 unspecified atom stereocenters. The molecule has 162 valence electrons. The highest BCUT2D eigenvalue weighted by atomic mass is 16.1. The fraction of sp³-hybridized carbons (Fsp3) is 0.0312. The van der Waals surface area contributed by atoms with Gasteiger partial charge in [0.25, 0.3) is 0 Å². The summed E-state index contributed by atoms with van der Waals surface area (Å²) in [4.78, 5) is 11.9. The third kappa shape index (κ3) is 3.23. The van der Waals surface area contributed by atoms with E-state index in [0.29, 0.717) is 5.56 Å². The molecular formula is C32H23NO. The molecule has 6 rings (SSSR count). The molecule has 0 aliphatic rings. The third-order valence-electron chi connectivity index (χ3n) is 6.69. The Labute approximate surface area is 198 Å². The Hall–Kier alpha value is -4.43. The minimum absolute atomic E-state index is 0.698. The van der Waals surface area contributed by atoms with Gasteiger partial charge in [-0.3, -0.25) is 4.79 Å². The number of fused-ring (bicyclic) bond motifs is 3. The predicted octanol–water partition coefficient (Wildman–Crippen LogP) is 8.15. The normalized spacial score (nSPS) is 11.2. The van der Waals surface area contributed by atoms with Gasteiger partial charge < -0.3 is 4.57 Å². The van der Waals surface area contributed by atoms with Gasteiger partial charge in [0.05, 0.1) is 5.52 Å². The smallest absolute Gasteiger partial charge is 0.150 e. The molecule has 1 aromatic heterocycles. The highest BCUT2D eigenvalue weighted by Gasteiger charge is 2.18. The Kier molecular flexibility index (Phi) is 4.85. The summed E-state index contributed by atoms with van der Waals surface area (Å²) < 4.78 is 2.26. The molecule has 0 spiro atoms. The van der Waals surface area contributed by atoms with Gasteiger partial charge in [-0.1, -0.05) is 91.0 Å². The summed E-state index contributed by atoms with van der Waals surface area (Å²) in [5.41, 5.74) is 9.72. The number of aromatic nitrogens is 1. The summed E-state index contributed by atoms with van der Waals surface area (Å²) in [6, 6.07) is 40.0. The van der Waals surface area contributed by atoms with Crippen LogP contribution in [0.25, 0.3) is 55.2 Å². The van der Waals surface area contributed by atoms with Crippen LogP contribution in [0.2, 0.25) is 0 Å². The average Bonchev–Trinajstić information content (AvgIpc) is 3.20. The monoisotopic (exact) mass is 437 g/mol. The summed E-state index contributed by atoms with van der Waals surface area (Å²) in [6.45, 7) is 0. The highest BCUT2D eigenvalue weighted by Crippen LogP contribution is 2.41. The van der Waals surface area contributed by atoms with E-state index in [1.54, 1.807) is 0 Å². The third-order valence-corrected chi connectivity index (χ3v) is 6.69. The number of rotatable bonds is 4. The molecule has 0 amide bonds. The number of carbonyl (C=O) groups excluding carboxylic acids is 1. The Bertz CT molecular complexity index is 1660. The van der Waals surface area contributed by atoms with Crippen molar-refractivity contribution in [1.82, 2.24) is 4.57 Å². The molecule has 0 aliphatic heterocycles. The van der Waals surface area contributed by atoms with E-state index in [1.165, 1.54) is 27.4 Å². The predicted molar refractivity (Wildman–Crippen MR) is 142 cm³/mol. The first kappa shape index (κ1) is 20.2. The average molecular weight is 438 g/mol. The number of aryl methyl sites for hydroxylation is 1. The first-order valence-electron chi connectivity index (χ1n) is 11.5. The van der Waals surface area contributed by atoms with Crippen molar-refractivity contribution in [2.45, 2.75) is 0 Å². The zero-order valence-electron chi connectivity index (χ0n) is 18.9. The minimum atomic E-state index is 0.698. The Morgan fingerprint density at radius 3 is 1.88 bits per heavy atom. The molecule has 1 heterocycles. The molecule has 5 aromatic carbocycles. The molecule has 2 nitrogen and oxygen atoms in total. The molecule has 0 N–H and O–H groups in total. The number of aldehydes is 1. The minimum Gasteiger partial charge on any atom is -0.343 e. The van der Waals surface area contributed by atoms with Crippen LogP contribution >= 0.6 is 0 Å². The first-order valence-corrected chi connectivity index (χ1v) is 11.5. The number of carbonyl (C=O) groups is 1. The van der Waals surface area contributed by atoms with Gasteiger partial charge in [0.2, 0.25) is 0 Å². The quantitative estimate of drug-likeness (QED) is 0.255. The number of hydrogen-bond donors (Lipinski definition) is 0. The largest absolute Gasteiger partial charge is 0.343 e. The van der Waals surface area contributed by atoms with Crippen LogP contribution in [0.15, 0.2) is 115 Å². The second kappa shape index (κ2) is 8.17. The highest BCUT2D eigenvalue weighted by molar-refractivity contribution is 6.15. The van der Waals surface area contributed by atoms with Crippen molar-refractivity contribution in [3.8, 4) is 33.4 Å². The van der Waals surface area contributed by atoms with Crippen molar-refractivity contribution >= 4 is 28.1 Å². The molecule has 34 heavy (non-hydrogen) atoms. The van der Waals surface area contributed by atoms with Crippen molar-refractivity contribution in [2.75, 3.05) is 0 Å². The van der Waals surface area contributed by atoms with Crippen LogP contribution in [0.5, 0.6) is 0 Å². The molecule has 0 atom stereocenters. The maximum Gasteiger partial charge on any atom is 0.150 e. The lowest BCUT2D eigenvalue weighted by Crippen LogP contribution is -1.94. The van der Waals surface area contributed by atoms with Crippen LogP contribution < -0.4 is 0 Å². The topological polar surface area (TPSA) is 22.0 Å². The number of benzene rings is 5. The molecule has 6 aromatic rings. The van der Waals surface area contributed by atoms with Crippen molar-refractivity contribution in [2.24, 2.45) is 7.05 Å². The van der Waals surface area contributed by atoms with E-state index in [2.05, 4.69) is 90.5 Å². The Morgan fingerprint density at radius 2 is 1.18 bits per heavy atom. The van der Waals surface area contributed by atoms with Crippen LogP contribution in [0, 0.1) is 0 Å². The van der Waals surface area contributed by atoms with Gasteiger partial charge in [0, 0.05) is 34.5 Å². The van der Waals surface area contributed by atoms with E-state index in [1.807, 2.05) is 36.4 Å². The maximum absolute atomic E-state index is 11.9. The van der Waals surface area contributed by atoms with Gasteiger partial charge >= 0.3 is 0 Å². The number of nitrogens with zero attached hydrogens (tertiary/aromatic N) is 1. The van der Waals surface area contributed by atoms with E-state index in [0.717, 1.165) is 34.1 Å². The Morgan fingerprint density at radius 1 is 0.559 bits per heavy atom. The molecule has 2 heteroatoms. The molecule has 0 saturated carbocycles. The van der Waals surface area contributed by atoms with Crippen molar-refractivity contribution in [1.29, 1.82) is 0 Å². The maximum atomic E-state index is 11.9. The van der Waals surface area contributed by atoms with Crippen molar-refractivity contribution < 1.29 is 4.79 Å². The van der Waals surface area contributed by atoms with E-state index in [9.17, 15) is 4.79 Å².